The average Bonchev–Trinajstić information content (AvgIpc) is 3.03. The number of Topliss-reactive ketones (excluding diaryl/α,β-unsaturated/α-hetero) is 1. The largest absolute Gasteiger partial charge is 0.475 e. The molecule has 1 heterocycles. The molecule has 1 amide bonds. The van der Waals surface area contributed by atoms with Crippen LogP contribution in [0.15, 0.2) is 30.3 Å². The molecule has 2 atom stereocenters. The number of carbonyl (C=O) groups is 3. The molecule has 0 aromatic heterocycles. The van der Waals surface area contributed by atoms with Crippen LogP contribution in [0, 0.1) is 0 Å². The van der Waals surface area contributed by atoms with Crippen LogP contribution in [-0.2, 0) is 20.9 Å². The van der Waals surface area contributed by atoms with Gasteiger partial charge in [-0.2, -0.15) is 0 Å². The summed E-state index contributed by atoms with van der Waals surface area (Å²) in [4.78, 5) is 35.3. The Bertz CT molecular complexity index is 573. The van der Waals surface area contributed by atoms with Gasteiger partial charge in [0.15, 0.2) is 0 Å². The van der Waals surface area contributed by atoms with Gasteiger partial charge in [-0.05, 0) is 18.4 Å². The number of hydrogen-bond acceptors (Lipinski definition) is 5. The van der Waals surface area contributed by atoms with Gasteiger partial charge in [0, 0.05) is 13.0 Å². The third-order valence-electron chi connectivity index (χ3n) is 3.82. The first-order valence-electron chi connectivity index (χ1n) is 7.40. The SMILES string of the molecule is O=C(O)C(=O)CC(O)[C@@H]1CCCN1C(=O)OCc1ccccc1. The van der Waals surface area contributed by atoms with Gasteiger partial charge in [-0.25, -0.2) is 9.59 Å². The highest BCUT2D eigenvalue weighted by Gasteiger charge is 2.36. The van der Waals surface area contributed by atoms with E-state index in [1.54, 1.807) is 0 Å². The molecule has 0 bridgehead atoms. The molecule has 0 spiro atoms. The summed E-state index contributed by atoms with van der Waals surface area (Å²) in [5, 5.41) is 18.6. The number of ketones is 1. The molecule has 1 aliphatic heterocycles. The summed E-state index contributed by atoms with van der Waals surface area (Å²) in [5.41, 5.74) is 0.846. The predicted octanol–water partition coefficient (Wildman–Crippen LogP) is 1.19. The standard InChI is InChI=1S/C16H19NO6/c18-13(9-14(19)15(20)21)12-7-4-8-17(12)16(22)23-10-11-5-2-1-3-6-11/h1-3,5-6,12-13,18H,4,7-10H2,(H,20,21)/t12-,13?/m0/s1. The highest BCUT2D eigenvalue weighted by Crippen LogP contribution is 2.23. The number of rotatable bonds is 6. The number of aliphatic hydroxyl groups excluding tert-OH is 1. The Morgan fingerprint density at radius 1 is 1.26 bits per heavy atom. The van der Waals surface area contributed by atoms with E-state index >= 15 is 0 Å². The highest BCUT2D eigenvalue weighted by atomic mass is 16.6. The second kappa shape index (κ2) is 7.73. The number of hydrogen-bond donors (Lipinski definition) is 2. The van der Waals surface area contributed by atoms with Gasteiger partial charge in [0.2, 0.25) is 5.78 Å². The molecule has 124 valence electrons. The summed E-state index contributed by atoms with van der Waals surface area (Å²) in [6.45, 7) is 0.531. The number of likely N-dealkylation sites (tertiary alicyclic amines) is 1. The zero-order chi connectivity index (χ0) is 16.8. The number of carboxylic acid groups (broad SMARTS) is 1. The van der Waals surface area contributed by atoms with Crippen LogP contribution in [0.1, 0.15) is 24.8 Å². The van der Waals surface area contributed by atoms with Crippen molar-refractivity contribution in [2.75, 3.05) is 6.54 Å². The van der Waals surface area contributed by atoms with E-state index in [-0.39, 0.29) is 6.61 Å². The molecule has 1 unspecified atom stereocenters. The van der Waals surface area contributed by atoms with E-state index in [2.05, 4.69) is 0 Å². The maximum atomic E-state index is 12.1. The molecule has 7 heteroatoms. The maximum absolute atomic E-state index is 12.1. The number of carboxylic acids is 1. The van der Waals surface area contributed by atoms with Crippen LogP contribution in [0.3, 0.4) is 0 Å². The quantitative estimate of drug-likeness (QED) is 0.763. The summed E-state index contributed by atoms with van der Waals surface area (Å²) >= 11 is 0. The van der Waals surface area contributed by atoms with Crippen molar-refractivity contribution in [2.45, 2.75) is 38.0 Å². The van der Waals surface area contributed by atoms with E-state index in [9.17, 15) is 19.5 Å². The van der Waals surface area contributed by atoms with Crippen LogP contribution in [0.5, 0.6) is 0 Å². The van der Waals surface area contributed by atoms with Gasteiger partial charge in [0.05, 0.1) is 12.1 Å². The molecule has 0 radical (unpaired) electrons. The Morgan fingerprint density at radius 3 is 2.61 bits per heavy atom. The fourth-order valence-electron chi connectivity index (χ4n) is 2.63. The zero-order valence-corrected chi connectivity index (χ0v) is 12.6. The van der Waals surface area contributed by atoms with E-state index < -0.39 is 36.4 Å². The summed E-state index contributed by atoms with van der Waals surface area (Å²) in [6, 6.07) is 8.59. The molecule has 1 aromatic rings. The lowest BCUT2D eigenvalue weighted by atomic mass is 10.0. The Balaban J connectivity index is 1.91. The topological polar surface area (TPSA) is 104 Å². The lowest BCUT2D eigenvalue weighted by molar-refractivity contribution is -0.150. The van der Waals surface area contributed by atoms with Crippen LogP contribution >= 0.6 is 0 Å². The average molecular weight is 321 g/mol. The van der Waals surface area contributed by atoms with E-state index in [4.69, 9.17) is 9.84 Å². The fourth-order valence-corrected chi connectivity index (χ4v) is 2.63. The van der Waals surface area contributed by atoms with Crippen LogP contribution in [-0.4, -0.2) is 51.6 Å². The van der Waals surface area contributed by atoms with Crippen LogP contribution < -0.4 is 0 Å². The van der Waals surface area contributed by atoms with Crippen molar-refractivity contribution in [3.63, 3.8) is 0 Å². The summed E-state index contributed by atoms with van der Waals surface area (Å²) in [6.07, 6.45) is -1.11. The van der Waals surface area contributed by atoms with E-state index in [1.165, 1.54) is 4.90 Å². The normalized spacial score (nSPS) is 18.5. The number of benzene rings is 1. The highest BCUT2D eigenvalue weighted by molar-refractivity contribution is 6.32. The van der Waals surface area contributed by atoms with Crippen molar-refractivity contribution in [1.29, 1.82) is 0 Å². The van der Waals surface area contributed by atoms with Gasteiger partial charge in [-0.3, -0.25) is 4.79 Å². The first kappa shape index (κ1) is 17.0. The number of amides is 1. The molecule has 1 saturated heterocycles. The van der Waals surface area contributed by atoms with Gasteiger partial charge in [0.1, 0.15) is 6.61 Å². The lowest BCUT2D eigenvalue weighted by Gasteiger charge is -2.27. The number of carbonyl (C=O) groups excluding carboxylic acids is 2. The Hall–Kier alpha value is -2.41. The third-order valence-corrected chi connectivity index (χ3v) is 3.82. The minimum absolute atomic E-state index is 0.118. The minimum Gasteiger partial charge on any atom is -0.475 e. The van der Waals surface area contributed by atoms with Gasteiger partial charge in [-0.15, -0.1) is 0 Å². The van der Waals surface area contributed by atoms with Crippen molar-refractivity contribution in [3.8, 4) is 0 Å². The van der Waals surface area contributed by atoms with Crippen LogP contribution in [0.2, 0.25) is 0 Å². The molecule has 1 aliphatic rings. The van der Waals surface area contributed by atoms with Crippen LogP contribution in [0.25, 0.3) is 0 Å². The second-order valence-electron chi connectivity index (χ2n) is 5.44. The van der Waals surface area contributed by atoms with Crippen molar-refractivity contribution < 1.29 is 29.3 Å². The Morgan fingerprint density at radius 2 is 1.96 bits per heavy atom. The van der Waals surface area contributed by atoms with Gasteiger partial charge < -0.3 is 19.8 Å². The molecule has 0 saturated carbocycles. The molecule has 1 fully saturated rings. The summed E-state index contributed by atoms with van der Waals surface area (Å²) in [5.74, 6) is -2.65. The second-order valence-corrected chi connectivity index (χ2v) is 5.44. The molecular formula is C16H19NO6. The zero-order valence-electron chi connectivity index (χ0n) is 12.6. The smallest absolute Gasteiger partial charge is 0.410 e. The Labute approximate surface area is 133 Å². The molecule has 7 nitrogen and oxygen atoms in total. The monoisotopic (exact) mass is 321 g/mol. The molecule has 23 heavy (non-hydrogen) atoms. The minimum atomic E-state index is -1.58. The van der Waals surface area contributed by atoms with Gasteiger partial charge in [0.25, 0.3) is 0 Å². The number of aliphatic carboxylic acids is 1. The summed E-state index contributed by atoms with van der Waals surface area (Å²) < 4.78 is 5.22. The van der Waals surface area contributed by atoms with Crippen molar-refractivity contribution >= 4 is 17.8 Å². The molecule has 1 aromatic carbocycles. The third kappa shape index (κ3) is 4.53. The van der Waals surface area contributed by atoms with Gasteiger partial charge >= 0.3 is 12.1 Å². The van der Waals surface area contributed by atoms with E-state index in [0.29, 0.717) is 19.4 Å². The molecule has 2 N–H and O–H groups in total. The first-order valence-corrected chi connectivity index (χ1v) is 7.40. The van der Waals surface area contributed by atoms with Crippen molar-refractivity contribution in [1.82, 2.24) is 4.90 Å². The molecular weight excluding hydrogens is 302 g/mol. The molecule has 0 aliphatic carbocycles. The maximum Gasteiger partial charge on any atom is 0.410 e. The van der Waals surface area contributed by atoms with Gasteiger partial charge in [-0.1, -0.05) is 30.3 Å². The first-order chi connectivity index (χ1) is 11.0. The van der Waals surface area contributed by atoms with E-state index in [0.717, 1.165) is 5.56 Å². The number of aliphatic hydroxyl groups is 1. The number of ether oxygens (including phenoxy) is 1. The summed E-state index contributed by atoms with van der Waals surface area (Å²) in [7, 11) is 0. The predicted molar refractivity (Wildman–Crippen MR) is 79.6 cm³/mol. The van der Waals surface area contributed by atoms with Crippen LogP contribution in [0.4, 0.5) is 4.79 Å². The van der Waals surface area contributed by atoms with Crippen molar-refractivity contribution in [3.05, 3.63) is 35.9 Å². The number of nitrogens with zero attached hydrogens (tertiary/aromatic N) is 1. The van der Waals surface area contributed by atoms with E-state index in [1.807, 2.05) is 30.3 Å². The molecule has 2 rings (SSSR count). The van der Waals surface area contributed by atoms with Crippen molar-refractivity contribution in [2.24, 2.45) is 0 Å². The fraction of sp³-hybridized carbons (Fsp3) is 0.438. The Kier molecular flexibility index (Phi) is 5.70. The lowest BCUT2D eigenvalue weighted by Crippen LogP contribution is -2.44.